The van der Waals surface area contributed by atoms with Crippen LogP contribution in [0.4, 0.5) is 5.69 Å². The molecule has 1 aromatic carbocycles. The predicted molar refractivity (Wildman–Crippen MR) is 133 cm³/mol. The fourth-order valence-corrected chi connectivity index (χ4v) is 4.44. The zero-order chi connectivity index (χ0) is 20.8. The molecule has 2 unspecified atom stereocenters. The van der Waals surface area contributed by atoms with E-state index >= 15 is 0 Å². The molecule has 1 N–H and O–H groups in total. The first kappa shape index (κ1) is 24.3. The lowest BCUT2D eigenvalue weighted by Crippen LogP contribution is -2.53. The highest BCUT2D eigenvalue weighted by atomic mass is 127. The Hall–Kier alpha value is -1.39. The lowest BCUT2D eigenvalue weighted by Gasteiger charge is -2.37. The van der Waals surface area contributed by atoms with E-state index in [1.54, 1.807) is 0 Å². The quantitative estimate of drug-likeness (QED) is 0.352. The van der Waals surface area contributed by atoms with Gasteiger partial charge in [0.25, 0.3) is 0 Å². The van der Waals surface area contributed by atoms with Crippen molar-refractivity contribution in [2.75, 3.05) is 44.3 Å². The van der Waals surface area contributed by atoms with E-state index in [-0.39, 0.29) is 42.1 Å². The number of morpholine rings is 1. The number of nitrogens with zero attached hydrogens (tertiary/aromatic N) is 3. The Morgan fingerprint density at radius 2 is 1.90 bits per heavy atom. The van der Waals surface area contributed by atoms with Crippen molar-refractivity contribution in [2.45, 2.75) is 57.8 Å². The first-order chi connectivity index (χ1) is 14.7. The van der Waals surface area contributed by atoms with Gasteiger partial charge >= 0.3 is 0 Å². The Labute approximate surface area is 202 Å². The predicted octanol–water partition coefficient (Wildman–Crippen LogP) is 3.17. The minimum Gasteiger partial charge on any atom is -0.375 e. The van der Waals surface area contributed by atoms with Gasteiger partial charge in [0.1, 0.15) is 6.10 Å². The van der Waals surface area contributed by atoms with Gasteiger partial charge in [-0.2, -0.15) is 0 Å². The SMILES string of the molecule is CCNC(=NCc1ccc(N2CCCCC2=O)cc1)N1CCOC(C2CCCO2)C1.I. The van der Waals surface area contributed by atoms with E-state index in [1.807, 2.05) is 17.0 Å². The number of hydrogen-bond donors (Lipinski definition) is 1. The van der Waals surface area contributed by atoms with Gasteiger partial charge in [-0.1, -0.05) is 12.1 Å². The van der Waals surface area contributed by atoms with Crippen LogP contribution in [0.1, 0.15) is 44.6 Å². The maximum absolute atomic E-state index is 12.1. The largest absolute Gasteiger partial charge is 0.375 e. The van der Waals surface area contributed by atoms with E-state index in [1.165, 1.54) is 0 Å². The molecule has 1 aromatic rings. The molecule has 3 aliphatic rings. The molecule has 1 amide bonds. The molecule has 2 atom stereocenters. The van der Waals surface area contributed by atoms with Crippen LogP contribution in [0.3, 0.4) is 0 Å². The summed E-state index contributed by atoms with van der Waals surface area (Å²) in [7, 11) is 0. The van der Waals surface area contributed by atoms with Crippen molar-refractivity contribution < 1.29 is 14.3 Å². The lowest BCUT2D eigenvalue weighted by molar-refractivity contribution is -0.119. The molecule has 3 fully saturated rings. The highest BCUT2D eigenvalue weighted by Gasteiger charge is 2.32. The second kappa shape index (κ2) is 12.0. The topological polar surface area (TPSA) is 66.4 Å². The number of anilines is 1. The number of hydrogen-bond acceptors (Lipinski definition) is 4. The molecule has 31 heavy (non-hydrogen) atoms. The average Bonchev–Trinajstić information content (AvgIpc) is 3.33. The van der Waals surface area contributed by atoms with Gasteiger partial charge in [-0.25, -0.2) is 4.99 Å². The van der Waals surface area contributed by atoms with E-state index in [0.717, 1.165) is 75.7 Å². The van der Waals surface area contributed by atoms with Crippen LogP contribution < -0.4 is 10.2 Å². The van der Waals surface area contributed by atoms with Crippen LogP contribution >= 0.6 is 24.0 Å². The van der Waals surface area contributed by atoms with Crippen molar-refractivity contribution in [3.05, 3.63) is 29.8 Å². The van der Waals surface area contributed by atoms with Crippen molar-refractivity contribution in [3.8, 4) is 0 Å². The molecule has 3 heterocycles. The normalized spacial score (nSPS) is 24.8. The Morgan fingerprint density at radius 3 is 2.61 bits per heavy atom. The van der Waals surface area contributed by atoms with Gasteiger partial charge in [-0.15, -0.1) is 24.0 Å². The fourth-order valence-electron chi connectivity index (χ4n) is 4.44. The number of carbonyl (C=O) groups excluding carboxylic acids is 1. The molecule has 8 heteroatoms. The molecule has 0 aromatic heterocycles. The van der Waals surface area contributed by atoms with Gasteiger partial charge in [0.05, 0.1) is 19.3 Å². The number of amides is 1. The van der Waals surface area contributed by atoms with E-state index in [4.69, 9.17) is 14.5 Å². The molecular weight excluding hydrogens is 507 g/mol. The van der Waals surface area contributed by atoms with Crippen molar-refractivity contribution >= 4 is 41.5 Å². The highest BCUT2D eigenvalue weighted by Crippen LogP contribution is 2.23. The van der Waals surface area contributed by atoms with Crippen LogP contribution in [0.2, 0.25) is 0 Å². The minimum absolute atomic E-state index is 0. The summed E-state index contributed by atoms with van der Waals surface area (Å²) in [5.74, 6) is 1.16. The summed E-state index contributed by atoms with van der Waals surface area (Å²) in [4.78, 5) is 21.2. The van der Waals surface area contributed by atoms with Gasteiger partial charge in [0.15, 0.2) is 5.96 Å². The number of halogens is 1. The van der Waals surface area contributed by atoms with Crippen LogP contribution in [0.25, 0.3) is 0 Å². The van der Waals surface area contributed by atoms with Crippen molar-refractivity contribution in [3.63, 3.8) is 0 Å². The fraction of sp³-hybridized carbons (Fsp3) is 0.652. The zero-order valence-electron chi connectivity index (χ0n) is 18.4. The van der Waals surface area contributed by atoms with E-state index in [9.17, 15) is 4.79 Å². The van der Waals surface area contributed by atoms with Gasteiger partial charge < -0.3 is 24.6 Å². The van der Waals surface area contributed by atoms with Crippen LogP contribution in [-0.2, 0) is 20.8 Å². The third-order valence-corrected chi connectivity index (χ3v) is 6.09. The molecule has 0 saturated carbocycles. The molecular formula is C23H35IN4O3. The Balaban J connectivity index is 0.00000272. The number of nitrogens with one attached hydrogen (secondary N) is 1. The third-order valence-electron chi connectivity index (χ3n) is 6.09. The summed E-state index contributed by atoms with van der Waals surface area (Å²) in [6, 6.07) is 8.25. The number of ether oxygens (including phenoxy) is 2. The second-order valence-electron chi connectivity index (χ2n) is 8.25. The number of guanidine groups is 1. The van der Waals surface area contributed by atoms with Crippen LogP contribution in [0.5, 0.6) is 0 Å². The number of piperidine rings is 1. The minimum atomic E-state index is 0. The van der Waals surface area contributed by atoms with Crippen molar-refractivity contribution in [1.82, 2.24) is 10.2 Å². The summed E-state index contributed by atoms with van der Waals surface area (Å²) >= 11 is 0. The molecule has 0 aliphatic carbocycles. The molecule has 3 saturated heterocycles. The van der Waals surface area contributed by atoms with Crippen LogP contribution in [-0.4, -0.2) is 68.4 Å². The molecule has 172 valence electrons. The van der Waals surface area contributed by atoms with E-state index < -0.39 is 0 Å². The Morgan fingerprint density at radius 1 is 1.10 bits per heavy atom. The van der Waals surface area contributed by atoms with Gasteiger partial charge in [-0.05, 0) is 50.3 Å². The number of carbonyl (C=O) groups is 1. The van der Waals surface area contributed by atoms with Gasteiger partial charge in [-0.3, -0.25) is 4.79 Å². The molecule has 0 bridgehead atoms. The van der Waals surface area contributed by atoms with E-state index in [2.05, 4.69) is 29.3 Å². The number of rotatable bonds is 5. The molecule has 4 rings (SSSR count). The van der Waals surface area contributed by atoms with Gasteiger partial charge in [0, 0.05) is 44.9 Å². The maximum atomic E-state index is 12.1. The first-order valence-electron chi connectivity index (χ1n) is 11.4. The maximum Gasteiger partial charge on any atom is 0.226 e. The molecule has 0 radical (unpaired) electrons. The van der Waals surface area contributed by atoms with E-state index in [0.29, 0.717) is 19.6 Å². The summed E-state index contributed by atoms with van der Waals surface area (Å²) < 4.78 is 11.8. The first-order valence-corrected chi connectivity index (χ1v) is 11.4. The number of aliphatic imine (C=N–C) groups is 1. The second-order valence-corrected chi connectivity index (χ2v) is 8.25. The molecule has 0 spiro atoms. The van der Waals surface area contributed by atoms with Gasteiger partial charge in [0.2, 0.25) is 5.91 Å². The average molecular weight is 542 g/mol. The van der Waals surface area contributed by atoms with Crippen molar-refractivity contribution in [1.29, 1.82) is 0 Å². The van der Waals surface area contributed by atoms with Crippen molar-refractivity contribution in [2.24, 2.45) is 4.99 Å². The summed E-state index contributed by atoms with van der Waals surface area (Å²) in [5, 5.41) is 3.43. The summed E-state index contributed by atoms with van der Waals surface area (Å²) in [6.45, 7) is 7.56. The Kier molecular flexibility index (Phi) is 9.40. The monoisotopic (exact) mass is 542 g/mol. The standard InChI is InChI=1S/C23H34N4O3.HI/c1-2-24-23(26-13-15-30-21(17-26)20-6-5-14-29-20)25-16-18-8-10-19(11-9-18)27-12-4-3-7-22(27)28;/h8-11,20-21H,2-7,12-17H2,1H3,(H,24,25);1H. The smallest absolute Gasteiger partial charge is 0.226 e. The summed E-state index contributed by atoms with van der Waals surface area (Å²) in [6.07, 6.45) is 5.27. The molecule has 7 nitrogen and oxygen atoms in total. The summed E-state index contributed by atoms with van der Waals surface area (Å²) in [5.41, 5.74) is 2.13. The van der Waals surface area contributed by atoms with Crippen LogP contribution in [0.15, 0.2) is 29.3 Å². The van der Waals surface area contributed by atoms with Crippen LogP contribution in [0, 0.1) is 0 Å². The highest BCUT2D eigenvalue weighted by molar-refractivity contribution is 14.0. The molecule has 3 aliphatic heterocycles. The third kappa shape index (κ3) is 6.32. The Bertz CT molecular complexity index is 737. The number of benzene rings is 1. The lowest BCUT2D eigenvalue weighted by atomic mass is 10.1. The zero-order valence-corrected chi connectivity index (χ0v) is 20.8.